The molecular formula is C10H20N4O. The Kier molecular flexibility index (Phi) is 5.96. The normalized spacial score (nSPS) is 10.8. The predicted molar refractivity (Wildman–Crippen MR) is 58.5 cm³/mol. The van der Waals surface area contributed by atoms with Crippen molar-refractivity contribution in [1.82, 2.24) is 20.1 Å². The number of ether oxygens (including phenoxy) is 1. The lowest BCUT2D eigenvalue weighted by Crippen LogP contribution is -2.19. The largest absolute Gasteiger partial charge is 0.385 e. The van der Waals surface area contributed by atoms with E-state index in [0.29, 0.717) is 0 Å². The van der Waals surface area contributed by atoms with E-state index in [1.807, 2.05) is 4.68 Å². The second kappa shape index (κ2) is 7.36. The van der Waals surface area contributed by atoms with Crippen LogP contribution in [0.15, 0.2) is 6.33 Å². The molecule has 0 aliphatic carbocycles. The van der Waals surface area contributed by atoms with E-state index < -0.39 is 0 Å². The molecule has 1 aromatic rings. The van der Waals surface area contributed by atoms with Crippen LogP contribution in [0.25, 0.3) is 0 Å². The molecule has 86 valence electrons. The predicted octanol–water partition coefficient (Wildman–Crippen LogP) is 0.814. The van der Waals surface area contributed by atoms with Crippen LogP contribution in [0.2, 0.25) is 0 Å². The zero-order valence-corrected chi connectivity index (χ0v) is 9.57. The first-order valence-electron chi connectivity index (χ1n) is 5.44. The zero-order valence-electron chi connectivity index (χ0n) is 9.57. The van der Waals surface area contributed by atoms with Gasteiger partial charge in [0, 0.05) is 20.3 Å². The molecule has 0 bridgehead atoms. The van der Waals surface area contributed by atoms with Crippen molar-refractivity contribution >= 4 is 0 Å². The van der Waals surface area contributed by atoms with Crippen LogP contribution in [-0.2, 0) is 17.8 Å². The molecule has 1 rings (SSSR count). The van der Waals surface area contributed by atoms with Gasteiger partial charge in [0.05, 0.1) is 6.54 Å². The summed E-state index contributed by atoms with van der Waals surface area (Å²) in [6.45, 7) is 5.61. The summed E-state index contributed by atoms with van der Waals surface area (Å²) in [4.78, 5) is 4.21. The van der Waals surface area contributed by atoms with Gasteiger partial charge in [0.1, 0.15) is 12.2 Å². The Balaban J connectivity index is 2.21. The Morgan fingerprint density at radius 3 is 3.13 bits per heavy atom. The molecule has 15 heavy (non-hydrogen) atoms. The third-order valence-electron chi connectivity index (χ3n) is 2.12. The summed E-state index contributed by atoms with van der Waals surface area (Å²) >= 11 is 0. The molecule has 0 saturated heterocycles. The lowest BCUT2D eigenvalue weighted by Gasteiger charge is -2.05. The maximum Gasteiger partial charge on any atom is 0.140 e. The van der Waals surface area contributed by atoms with E-state index in [2.05, 4.69) is 22.3 Å². The van der Waals surface area contributed by atoms with Gasteiger partial charge in [-0.05, 0) is 19.4 Å². The number of hydrogen-bond donors (Lipinski definition) is 1. The number of aryl methyl sites for hydroxylation is 1. The molecule has 5 nitrogen and oxygen atoms in total. The molecule has 0 radical (unpaired) electrons. The Hall–Kier alpha value is -0.940. The maximum atomic E-state index is 4.97. The van der Waals surface area contributed by atoms with Gasteiger partial charge in [0.25, 0.3) is 0 Å². The van der Waals surface area contributed by atoms with Gasteiger partial charge in [0.15, 0.2) is 0 Å². The van der Waals surface area contributed by atoms with Gasteiger partial charge in [0.2, 0.25) is 0 Å². The minimum Gasteiger partial charge on any atom is -0.385 e. The van der Waals surface area contributed by atoms with Gasteiger partial charge in [-0.15, -0.1) is 0 Å². The van der Waals surface area contributed by atoms with Gasteiger partial charge in [-0.1, -0.05) is 6.92 Å². The molecule has 0 aliphatic heterocycles. The Morgan fingerprint density at radius 1 is 1.53 bits per heavy atom. The van der Waals surface area contributed by atoms with Crippen molar-refractivity contribution in [2.24, 2.45) is 0 Å². The van der Waals surface area contributed by atoms with Crippen molar-refractivity contribution in [2.75, 3.05) is 20.3 Å². The van der Waals surface area contributed by atoms with E-state index in [9.17, 15) is 0 Å². The van der Waals surface area contributed by atoms with Crippen molar-refractivity contribution in [3.63, 3.8) is 0 Å². The van der Waals surface area contributed by atoms with E-state index in [0.717, 1.165) is 44.9 Å². The van der Waals surface area contributed by atoms with Crippen LogP contribution in [0.1, 0.15) is 25.6 Å². The summed E-state index contributed by atoms with van der Waals surface area (Å²) in [5.41, 5.74) is 0. The highest BCUT2D eigenvalue weighted by atomic mass is 16.5. The zero-order chi connectivity index (χ0) is 10.9. The van der Waals surface area contributed by atoms with Crippen molar-refractivity contribution in [3.05, 3.63) is 12.2 Å². The first kappa shape index (κ1) is 12.1. The second-order valence-corrected chi connectivity index (χ2v) is 3.42. The molecule has 0 fully saturated rings. The van der Waals surface area contributed by atoms with Gasteiger partial charge in [-0.25, -0.2) is 9.67 Å². The highest BCUT2D eigenvalue weighted by Crippen LogP contribution is 1.95. The Morgan fingerprint density at radius 2 is 2.40 bits per heavy atom. The van der Waals surface area contributed by atoms with E-state index in [1.165, 1.54) is 0 Å². The molecule has 0 atom stereocenters. The number of hydrogen-bond acceptors (Lipinski definition) is 4. The number of rotatable bonds is 8. The second-order valence-electron chi connectivity index (χ2n) is 3.42. The van der Waals surface area contributed by atoms with Crippen LogP contribution in [0.4, 0.5) is 0 Å². The van der Waals surface area contributed by atoms with Gasteiger partial charge in [-0.3, -0.25) is 0 Å². The Bertz CT molecular complexity index is 262. The molecule has 1 aromatic heterocycles. The maximum absolute atomic E-state index is 4.97. The van der Waals surface area contributed by atoms with Gasteiger partial charge >= 0.3 is 0 Å². The smallest absolute Gasteiger partial charge is 0.140 e. The third kappa shape index (κ3) is 4.40. The topological polar surface area (TPSA) is 52.0 Å². The monoisotopic (exact) mass is 212 g/mol. The van der Waals surface area contributed by atoms with Crippen molar-refractivity contribution in [1.29, 1.82) is 0 Å². The fraction of sp³-hybridized carbons (Fsp3) is 0.800. The lowest BCUT2D eigenvalue weighted by molar-refractivity contribution is 0.194. The van der Waals surface area contributed by atoms with E-state index >= 15 is 0 Å². The van der Waals surface area contributed by atoms with Crippen LogP contribution in [0.3, 0.4) is 0 Å². The van der Waals surface area contributed by atoms with Crippen LogP contribution >= 0.6 is 0 Å². The SMILES string of the molecule is CCCn1ncnc1CNCCCOC. The minimum absolute atomic E-state index is 0.781. The van der Waals surface area contributed by atoms with Crippen LogP contribution < -0.4 is 5.32 Å². The molecule has 0 aliphatic rings. The summed E-state index contributed by atoms with van der Waals surface area (Å²) in [6, 6.07) is 0. The number of nitrogens with zero attached hydrogens (tertiary/aromatic N) is 3. The fourth-order valence-electron chi connectivity index (χ4n) is 1.37. The molecule has 1 heterocycles. The molecule has 0 aromatic carbocycles. The average Bonchev–Trinajstić information content (AvgIpc) is 2.66. The van der Waals surface area contributed by atoms with E-state index in [1.54, 1.807) is 13.4 Å². The van der Waals surface area contributed by atoms with Gasteiger partial charge in [-0.2, -0.15) is 5.10 Å². The first-order valence-corrected chi connectivity index (χ1v) is 5.44. The summed E-state index contributed by atoms with van der Waals surface area (Å²) in [7, 11) is 1.72. The molecule has 0 amide bonds. The van der Waals surface area contributed by atoms with Crippen LogP contribution in [0, 0.1) is 0 Å². The molecule has 0 unspecified atom stereocenters. The highest BCUT2D eigenvalue weighted by molar-refractivity contribution is 4.83. The summed E-state index contributed by atoms with van der Waals surface area (Å²) < 4.78 is 6.92. The molecule has 0 spiro atoms. The molecular weight excluding hydrogens is 192 g/mol. The fourth-order valence-corrected chi connectivity index (χ4v) is 1.37. The van der Waals surface area contributed by atoms with E-state index in [4.69, 9.17) is 4.74 Å². The summed E-state index contributed by atoms with van der Waals surface area (Å²) in [5, 5.41) is 7.48. The molecule has 0 saturated carbocycles. The van der Waals surface area contributed by atoms with Gasteiger partial charge < -0.3 is 10.1 Å². The van der Waals surface area contributed by atoms with E-state index in [-0.39, 0.29) is 0 Å². The first-order chi connectivity index (χ1) is 7.38. The number of methoxy groups -OCH3 is 1. The van der Waals surface area contributed by atoms with Crippen LogP contribution in [-0.4, -0.2) is 35.0 Å². The number of nitrogens with one attached hydrogen (secondary N) is 1. The quantitative estimate of drug-likeness (QED) is 0.648. The minimum atomic E-state index is 0.781. The Labute approximate surface area is 90.8 Å². The third-order valence-corrected chi connectivity index (χ3v) is 2.12. The molecule has 5 heteroatoms. The highest BCUT2D eigenvalue weighted by Gasteiger charge is 2.01. The molecule has 1 N–H and O–H groups in total. The van der Waals surface area contributed by atoms with Crippen molar-refractivity contribution < 1.29 is 4.74 Å². The summed E-state index contributed by atoms with van der Waals surface area (Å²) in [6.07, 6.45) is 3.72. The average molecular weight is 212 g/mol. The number of aromatic nitrogens is 3. The lowest BCUT2D eigenvalue weighted by atomic mass is 10.4. The van der Waals surface area contributed by atoms with Crippen LogP contribution in [0.5, 0.6) is 0 Å². The standard InChI is InChI=1S/C10H20N4O/c1-3-6-14-10(12-9-13-14)8-11-5-4-7-15-2/h9,11H,3-8H2,1-2H3. The van der Waals surface area contributed by atoms with Crippen molar-refractivity contribution in [3.8, 4) is 0 Å². The van der Waals surface area contributed by atoms with Crippen molar-refractivity contribution in [2.45, 2.75) is 32.9 Å². The summed E-state index contributed by atoms with van der Waals surface area (Å²) in [5.74, 6) is 1.01.